The molecule has 2 heterocycles. The van der Waals surface area contributed by atoms with E-state index in [-0.39, 0.29) is 19.3 Å². The van der Waals surface area contributed by atoms with E-state index in [4.69, 9.17) is 24.0 Å². The van der Waals surface area contributed by atoms with Crippen molar-refractivity contribution in [2.24, 2.45) is 4.99 Å². The first kappa shape index (κ1) is 23.9. The van der Waals surface area contributed by atoms with E-state index in [0.717, 1.165) is 43.5 Å². The third-order valence-electron chi connectivity index (χ3n) is 5.51. The number of hydrogen-bond donors (Lipinski definition) is 3. The molecular formula is C24H36N4O4. The smallest absolute Gasteiger partial charge is 0.191 e. The van der Waals surface area contributed by atoms with E-state index in [1.165, 1.54) is 19.3 Å². The maximum Gasteiger partial charge on any atom is 0.191 e. The van der Waals surface area contributed by atoms with Crippen LogP contribution in [0.25, 0.3) is 0 Å². The summed E-state index contributed by atoms with van der Waals surface area (Å²) in [7, 11) is 1.61. The van der Waals surface area contributed by atoms with Gasteiger partial charge < -0.3 is 29.6 Å². The Balaban J connectivity index is 1.66. The molecule has 8 nitrogen and oxygen atoms in total. The van der Waals surface area contributed by atoms with Gasteiger partial charge >= 0.3 is 0 Å². The van der Waals surface area contributed by atoms with Crippen LogP contribution < -0.4 is 20.1 Å². The molecule has 0 spiro atoms. The summed E-state index contributed by atoms with van der Waals surface area (Å²) >= 11 is 0. The minimum Gasteiger partial charge on any atom is -0.493 e. The Morgan fingerprint density at radius 3 is 2.72 bits per heavy atom. The summed E-state index contributed by atoms with van der Waals surface area (Å²) < 4.78 is 16.7. The van der Waals surface area contributed by atoms with Crippen molar-refractivity contribution in [3.05, 3.63) is 47.9 Å². The average molecular weight is 445 g/mol. The number of rotatable bonds is 11. The van der Waals surface area contributed by atoms with Crippen molar-refractivity contribution in [3.8, 4) is 11.5 Å². The zero-order valence-electron chi connectivity index (χ0n) is 19.2. The molecule has 1 aliphatic rings. The Bertz CT molecular complexity index is 819. The van der Waals surface area contributed by atoms with Gasteiger partial charge in [0.25, 0.3) is 0 Å². The lowest BCUT2D eigenvalue weighted by Gasteiger charge is -2.33. The number of aliphatic hydroxyl groups excluding tert-OH is 1. The Morgan fingerprint density at radius 1 is 1.19 bits per heavy atom. The van der Waals surface area contributed by atoms with Crippen LogP contribution in [0.5, 0.6) is 11.5 Å². The normalized spacial score (nSPS) is 15.9. The highest BCUT2D eigenvalue weighted by atomic mass is 16.5. The molecule has 32 heavy (non-hydrogen) atoms. The molecule has 1 atom stereocenters. The zero-order valence-corrected chi connectivity index (χ0v) is 19.2. The summed E-state index contributed by atoms with van der Waals surface area (Å²) in [6.07, 6.45) is 5.50. The number of ether oxygens (including phenoxy) is 2. The summed E-state index contributed by atoms with van der Waals surface area (Å²) in [5, 5.41) is 15.8. The molecule has 0 saturated carbocycles. The van der Waals surface area contributed by atoms with E-state index in [0.29, 0.717) is 18.0 Å². The number of aliphatic imine (C=N–C) groups is 1. The topological polar surface area (TPSA) is 91.5 Å². The van der Waals surface area contributed by atoms with E-state index in [1.807, 2.05) is 24.3 Å². The molecule has 1 aliphatic heterocycles. The molecule has 176 valence electrons. The van der Waals surface area contributed by atoms with Gasteiger partial charge in [-0.3, -0.25) is 4.90 Å². The van der Waals surface area contributed by atoms with Gasteiger partial charge in [-0.05, 0) is 62.7 Å². The van der Waals surface area contributed by atoms with Crippen LogP contribution in [0, 0.1) is 0 Å². The van der Waals surface area contributed by atoms with Gasteiger partial charge in [-0.1, -0.05) is 12.5 Å². The van der Waals surface area contributed by atoms with Crippen LogP contribution in [0.2, 0.25) is 0 Å². The third kappa shape index (κ3) is 6.90. The predicted octanol–water partition coefficient (Wildman–Crippen LogP) is 2.94. The number of furan rings is 1. The van der Waals surface area contributed by atoms with Crippen LogP contribution in [0.1, 0.15) is 43.6 Å². The quantitative estimate of drug-likeness (QED) is 0.363. The largest absolute Gasteiger partial charge is 0.493 e. The van der Waals surface area contributed by atoms with Crippen molar-refractivity contribution in [3.63, 3.8) is 0 Å². The number of aliphatic hydroxyl groups is 1. The van der Waals surface area contributed by atoms with Gasteiger partial charge in [-0.2, -0.15) is 0 Å². The zero-order chi connectivity index (χ0) is 22.6. The number of hydrogen-bond acceptors (Lipinski definition) is 6. The SMILES string of the molecule is CCNC(=NCc1ccc(OCCO)c(OC)c1)NCC(c1ccco1)N1CCCCC1. The van der Waals surface area contributed by atoms with Gasteiger partial charge in [0.2, 0.25) is 0 Å². The van der Waals surface area contributed by atoms with Gasteiger partial charge in [0, 0.05) is 13.1 Å². The van der Waals surface area contributed by atoms with Crippen LogP contribution in [-0.4, -0.2) is 62.5 Å². The van der Waals surface area contributed by atoms with Gasteiger partial charge in [-0.25, -0.2) is 4.99 Å². The minimum absolute atomic E-state index is 0.0383. The van der Waals surface area contributed by atoms with E-state index >= 15 is 0 Å². The summed E-state index contributed by atoms with van der Waals surface area (Å²) in [5.41, 5.74) is 1.01. The molecule has 3 N–H and O–H groups in total. The lowest BCUT2D eigenvalue weighted by Crippen LogP contribution is -2.44. The molecule has 0 amide bonds. The molecule has 0 aliphatic carbocycles. The Hall–Kier alpha value is -2.71. The number of nitrogens with zero attached hydrogens (tertiary/aromatic N) is 2. The van der Waals surface area contributed by atoms with Crippen molar-refractivity contribution in [2.45, 2.75) is 38.8 Å². The molecule has 1 fully saturated rings. The number of nitrogens with one attached hydrogen (secondary N) is 2. The molecule has 8 heteroatoms. The minimum atomic E-state index is -0.0383. The Morgan fingerprint density at radius 2 is 2.03 bits per heavy atom. The van der Waals surface area contributed by atoms with Gasteiger partial charge in [-0.15, -0.1) is 0 Å². The molecular weight excluding hydrogens is 408 g/mol. The highest BCUT2D eigenvalue weighted by Crippen LogP contribution is 2.28. The molecule has 3 rings (SSSR count). The number of methoxy groups -OCH3 is 1. The lowest BCUT2D eigenvalue weighted by molar-refractivity contribution is 0.146. The Labute approximate surface area is 190 Å². The molecule has 1 saturated heterocycles. The fraction of sp³-hybridized carbons (Fsp3) is 0.542. The van der Waals surface area contributed by atoms with Crippen molar-refractivity contribution < 1.29 is 19.0 Å². The summed E-state index contributed by atoms with van der Waals surface area (Å²) in [4.78, 5) is 7.25. The van der Waals surface area contributed by atoms with Crippen LogP contribution in [0.4, 0.5) is 0 Å². The van der Waals surface area contributed by atoms with Crippen molar-refractivity contribution in [1.29, 1.82) is 0 Å². The molecule has 1 aromatic carbocycles. The van der Waals surface area contributed by atoms with Gasteiger partial charge in [0.15, 0.2) is 17.5 Å². The monoisotopic (exact) mass is 444 g/mol. The van der Waals surface area contributed by atoms with Crippen molar-refractivity contribution in [2.75, 3.05) is 46.5 Å². The van der Waals surface area contributed by atoms with Crippen LogP contribution >= 0.6 is 0 Å². The van der Waals surface area contributed by atoms with E-state index in [1.54, 1.807) is 13.4 Å². The van der Waals surface area contributed by atoms with Crippen molar-refractivity contribution >= 4 is 5.96 Å². The Kier molecular flexibility index (Phi) is 9.71. The number of likely N-dealkylation sites (tertiary alicyclic amines) is 1. The summed E-state index contributed by atoms with van der Waals surface area (Å²) in [6.45, 7) is 6.42. The molecule has 1 aromatic heterocycles. The van der Waals surface area contributed by atoms with Gasteiger partial charge in [0.05, 0.1) is 32.6 Å². The summed E-state index contributed by atoms with van der Waals surface area (Å²) in [5.74, 6) is 2.99. The number of piperidine rings is 1. The lowest BCUT2D eigenvalue weighted by atomic mass is 10.1. The second-order valence-electron chi connectivity index (χ2n) is 7.76. The van der Waals surface area contributed by atoms with E-state index in [2.05, 4.69) is 28.5 Å². The summed E-state index contributed by atoms with van der Waals surface area (Å²) in [6, 6.07) is 9.91. The first-order valence-corrected chi connectivity index (χ1v) is 11.4. The third-order valence-corrected chi connectivity index (χ3v) is 5.51. The number of guanidine groups is 1. The van der Waals surface area contributed by atoms with Crippen LogP contribution in [0.3, 0.4) is 0 Å². The van der Waals surface area contributed by atoms with Crippen LogP contribution in [-0.2, 0) is 6.54 Å². The van der Waals surface area contributed by atoms with Crippen molar-refractivity contribution in [1.82, 2.24) is 15.5 Å². The number of benzene rings is 1. The maximum atomic E-state index is 8.97. The average Bonchev–Trinajstić information content (AvgIpc) is 3.36. The molecule has 2 aromatic rings. The molecule has 0 radical (unpaired) electrons. The first-order chi connectivity index (χ1) is 15.7. The van der Waals surface area contributed by atoms with E-state index in [9.17, 15) is 0 Å². The fourth-order valence-corrected chi connectivity index (χ4v) is 3.91. The second kappa shape index (κ2) is 13.0. The molecule has 0 bridgehead atoms. The maximum absolute atomic E-state index is 8.97. The van der Waals surface area contributed by atoms with Crippen LogP contribution in [0.15, 0.2) is 46.0 Å². The fourth-order valence-electron chi connectivity index (χ4n) is 3.91. The van der Waals surface area contributed by atoms with Gasteiger partial charge in [0.1, 0.15) is 12.4 Å². The first-order valence-electron chi connectivity index (χ1n) is 11.4. The van der Waals surface area contributed by atoms with E-state index < -0.39 is 0 Å². The second-order valence-corrected chi connectivity index (χ2v) is 7.76. The molecule has 1 unspecified atom stereocenters. The highest BCUT2D eigenvalue weighted by molar-refractivity contribution is 5.79. The standard InChI is InChI=1S/C24H36N4O4/c1-3-25-24(26-17-19-9-10-22(32-15-13-29)23(16-19)30-2)27-18-20(21-8-7-14-31-21)28-11-5-4-6-12-28/h7-10,14,16,20,29H,3-6,11-13,15,17-18H2,1-2H3,(H2,25,26,27). The highest BCUT2D eigenvalue weighted by Gasteiger charge is 2.24. The predicted molar refractivity (Wildman–Crippen MR) is 125 cm³/mol.